The van der Waals surface area contributed by atoms with Gasteiger partial charge in [0.05, 0.1) is 11.3 Å². The lowest BCUT2D eigenvalue weighted by atomic mass is 10.2. The van der Waals surface area contributed by atoms with Gasteiger partial charge in [0.25, 0.3) is 0 Å². The molecule has 0 saturated heterocycles. The number of benzene rings is 2. The molecule has 0 amide bonds. The van der Waals surface area contributed by atoms with E-state index in [-0.39, 0.29) is 34.0 Å². The average Bonchev–Trinajstić information content (AvgIpc) is 2.72. The molecule has 158 valence electrons. The van der Waals surface area contributed by atoms with E-state index in [0.717, 1.165) is 11.8 Å². The normalized spacial score (nSPS) is 11.6. The lowest BCUT2D eigenvalue weighted by molar-refractivity contribution is -0.145. The fraction of sp³-hybridized carbons (Fsp3) is 0.105. The van der Waals surface area contributed by atoms with Crippen molar-refractivity contribution in [2.45, 2.75) is 17.0 Å². The second kappa shape index (κ2) is 8.30. The lowest BCUT2D eigenvalue weighted by Gasteiger charge is -2.10. The third-order valence-corrected chi connectivity index (χ3v) is 4.95. The maximum absolute atomic E-state index is 13.2. The van der Waals surface area contributed by atoms with Crippen LogP contribution in [0, 0.1) is 5.82 Å². The van der Waals surface area contributed by atoms with E-state index >= 15 is 0 Å². The van der Waals surface area contributed by atoms with Crippen LogP contribution in [0.4, 0.5) is 35.1 Å². The SMILES string of the molecule is Nc1nc(CSc2nc(C(F)(F)F)nc3ccccc23)nc(Nc2ccc(F)cc2)n1. The quantitative estimate of drug-likeness (QED) is 0.260. The van der Waals surface area contributed by atoms with Crippen molar-refractivity contribution in [3.63, 3.8) is 0 Å². The summed E-state index contributed by atoms with van der Waals surface area (Å²) in [5, 5.41) is 3.50. The van der Waals surface area contributed by atoms with Gasteiger partial charge in [-0.05, 0) is 30.3 Å². The van der Waals surface area contributed by atoms with E-state index in [1.165, 1.54) is 30.3 Å². The standard InChI is InChI=1S/C19H13F4N7S/c20-10-5-7-11(8-6-10)25-18-28-14(27-17(24)30-18)9-31-15-12-3-1-2-4-13(12)26-16(29-15)19(21,22)23/h1-8H,9H2,(H3,24,25,27,28,30). The summed E-state index contributed by atoms with van der Waals surface area (Å²) in [4.78, 5) is 19.5. The average molecular weight is 447 g/mol. The van der Waals surface area contributed by atoms with Crippen molar-refractivity contribution >= 4 is 40.2 Å². The molecule has 0 saturated carbocycles. The van der Waals surface area contributed by atoms with Crippen LogP contribution in [0.25, 0.3) is 10.9 Å². The zero-order valence-electron chi connectivity index (χ0n) is 15.6. The first-order valence-electron chi connectivity index (χ1n) is 8.78. The Morgan fingerprint density at radius 1 is 0.903 bits per heavy atom. The number of aromatic nitrogens is 5. The number of nitrogens with zero attached hydrogens (tertiary/aromatic N) is 5. The number of para-hydroxylation sites is 1. The molecule has 0 fully saturated rings. The Bertz CT molecular complexity index is 1230. The lowest BCUT2D eigenvalue weighted by Crippen LogP contribution is -2.12. The van der Waals surface area contributed by atoms with E-state index in [1.807, 2.05) is 0 Å². The molecule has 3 N–H and O–H groups in total. The van der Waals surface area contributed by atoms with E-state index in [1.54, 1.807) is 18.2 Å². The Hall–Kier alpha value is -3.54. The third-order valence-electron chi connectivity index (χ3n) is 3.96. The molecule has 31 heavy (non-hydrogen) atoms. The van der Waals surface area contributed by atoms with Crippen molar-refractivity contribution in [1.82, 2.24) is 24.9 Å². The van der Waals surface area contributed by atoms with Crippen molar-refractivity contribution in [2.24, 2.45) is 0 Å². The topological polar surface area (TPSA) is 102 Å². The second-order valence-corrected chi connectivity index (χ2v) is 7.19. The van der Waals surface area contributed by atoms with E-state index in [0.29, 0.717) is 11.1 Å². The van der Waals surface area contributed by atoms with Crippen molar-refractivity contribution in [3.05, 3.63) is 66.0 Å². The van der Waals surface area contributed by atoms with Gasteiger partial charge in [-0.25, -0.2) is 14.4 Å². The number of anilines is 3. The first kappa shape index (κ1) is 20.7. The summed E-state index contributed by atoms with van der Waals surface area (Å²) in [5.41, 5.74) is 6.44. The number of halogens is 4. The Balaban J connectivity index is 1.60. The number of nitrogens with two attached hydrogens (primary N) is 1. The van der Waals surface area contributed by atoms with Gasteiger partial charge in [-0.1, -0.05) is 30.0 Å². The maximum atomic E-state index is 13.2. The van der Waals surface area contributed by atoms with Crippen LogP contribution < -0.4 is 11.1 Å². The monoisotopic (exact) mass is 447 g/mol. The van der Waals surface area contributed by atoms with Gasteiger partial charge in [0.15, 0.2) is 0 Å². The minimum absolute atomic E-state index is 0.0706. The minimum atomic E-state index is -4.68. The Kier molecular flexibility index (Phi) is 5.55. The summed E-state index contributed by atoms with van der Waals surface area (Å²) in [7, 11) is 0. The molecule has 0 aliphatic carbocycles. The molecule has 2 heterocycles. The second-order valence-electron chi connectivity index (χ2n) is 6.22. The molecule has 0 aliphatic heterocycles. The molecule has 4 aromatic rings. The molecule has 0 spiro atoms. The highest BCUT2D eigenvalue weighted by Crippen LogP contribution is 2.33. The van der Waals surface area contributed by atoms with Gasteiger partial charge in [0.1, 0.15) is 16.7 Å². The van der Waals surface area contributed by atoms with E-state index in [4.69, 9.17) is 5.73 Å². The van der Waals surface area contributed by atoms with Gasteiger partial charge < -0.3 is 11.1 Å². The Morgan fingerprint density at radius 2 is 1.65 bits per heavy atom. The van der Waals surface area contributed by atoms with Crippen molar-refractivity contribution in [1.29, 1.82) is 0 Å². The summed E-state index contributed by atoms with van der Waals surface area (Å²) in [6, 6.07) is 11.9. The van der Waals surface area contributed by atoms with Crippen LogP contribution >= 0.6 is 11.8 Å². The first-order chi connectivity index (χ1) is 14.8. The maximum Gasteiger partial charge on any atom is 0.451 e. The number of hydrogen-bond acceptors (Lipinski definition) is 8. The first-order valence-corrected chi connectivity index (χ1v) is 9.76. The Morgan fingerprint density at radius 3 is 2.39 bits per heavy atom. The number of fused-ring (bicyclic) bond motifs is 1. The van der Waals surface area contributed by atoms with Gasteiger partial charge in [0.2, 0.25) is 17.7 Å². The molecule has 4 rings (SSSR count). The van der Waals surface area contributed by atoms with Gasteiger partial charge in [0, 0.05) is 11.1 Å². The van der Waals surface area contributed by atoms with Crippen LogP contribution in [0.15, 0.2) is 53.6 Å². The summed E-state index contributed by atoms with van der Waals surface area (Å²) in [6.45, 7) is 0. The van der Waals surface area contributed by atoms with Gasteiger partial charge >= 0.3 is 6.18 Å². The third kappa shape index (κ3) is 4.97. The highest BCUT2D eigenvalue weighted by molar-refractivity contribution is 7.98. The number of thioether (sulfide) groups is 1. The molecular formula is C19H13F4N7S. The van der Waals surface area contributed by atoms with Gasteiger partial charge in [-0.2, -0.15) is 28.1 Å². The number of rotatable bonds is 5. The largest absolute Gasteiger partial charge is 0.451 e. The molecule has 0 atom stereocenters. The number of alkyl halides is 3. The highest BCUT2D eigenvalue weighted by Gasteiger charge is 2.35. The minimum Gasteiger partial charge on any atom is -0.368 e. The van der Waals surface area contributed by atoms with E-state index < -0.39 is 17.8 Å². The number of nitrogen functional groups attached to an aromatic ring is 1. The van der Waals surface area contributed by atoms with E-state index in [2.05, 4.69) is 30.2 Å². The summed E-state index contributed by atoms with van der Waals surface area (Å²) in [6.07, 6.45) is -4.68. The van der Waals surface area contributed by atoms with Crippen LogP contribution in [-0.2, 0) is 11.9 Å². The van der Waals surface area contributed by atoms with Gasteiger partial charge in [-0.15, -0.1) is 0 Å². The number of hydrogen-bond donors (Lipinski definition) is 2. The fourth-order valence-electron chi connectivity index (χ4n) is 2.64. The molecule has 0 bridgehead atoms. The van der Waals surface area contributed by atoms with Crippen LogP contribution in [0.2, 0.25) is 0 Å². The van der Waals surface area contributed by atoms with Crippen LogP contribution in [0.1, 0.15) is 11.6 Å². The summed E-state index contributed by atoms with van der Waals surface area (Å²) < 4.78 is 52.6. The molecule has 7 nitrogen and oxygen atoms in total. The number of nitrogens with one attached hydrogen (secondary N) is 1. The molecule has 2 aromatic carbocycles. The predicted molar refractivity (Wildman–Crippen MR) is 108 cm³/mol. The van der Waals surface area contributed by atoms with Crippen LogP contribution in [0.5, 0.6) is 0 Å². The highest BCUT2D eigenvalue weighted by atomic mass is 32.2. The van der Waals surface area contributed by atoms with Crippen LogP contribution in [0.3, 0.4) is 0 Å². The summed E-state index contributed by atoms with van der Waals surface area (Å²) >= 11 is 1.02. The molecule has 0 radical (unpaired) electrons. The smallest absolute Gasteiger partial charge is 0.368 e. The summed E-state index contributed by atoms with van der Waals surface area (Å²) in [5.74, 6) is -1.24. The van der Waals surface area contributed by atoms with Gasteiger partial charge in [-0.3, -0.25) is 0 Å². The molecule has 12 heteroatoms. The van der Waals surface area contributed by atoms with Crippen LogP contribution in [-0.4, -0.2) is 24.9 Å². The molecular weight excluding hydrogens is 434 g/mol. The van der Waals surface area contributed by atoms with Crippen molar-refractivity contribution in [2.75, 3.05) is 11.1 Å². The van der Waals surface area contributed by atoms with Crippen molar-refractivity contribution < 1.29 is 17.6 Å². The zero-order chi connectivity index (χ0) is 22.0. The molecule has 2 aromatic heterocycles. The Labute approximate surface area is 177 Å². The zero-order valence-corrected chi connectivity index (χ0v) is 16.4. The predicted octanol–water partition coefficient (Wildman–Crippen LogP) is 4.59. The fourth-order valence-corrected chi connectivity index (χ4v) is 3.51. The van der Waals surface area contributed by atoms with Crippen molar-refractivity contribution in [3.8, 4) is 0 Å². The molecule has 0 aliphatic rings. The van der Waals surface area contributed by atoms with E-state index in [9.17, 15) is 17.6 Å². The molecule has 0 unspecified atom stereocenters.